The Morgan fingerprint density at radius 3 is 2.00 bits per heavy atom. The van der Waals surface area contributed by atoms with Crippen LogP contribution in [-0.2, 0) is 9.59 Å². The van der Waals surface area contributed by atoms with Gasteiger partial charge in [0.2, 0.25) is 11.8 Å². The molecule has 4 nitrogen and oxygen atoms in total. The predicted octanol–water partition coefficient (Wildman–Crippen LogP) is 0.422. The van der Waals surface area contributed by atoms with E-state index in [2.05, 4.69) is 5.73 Å². The Hall–Kier alpha value is -1.41. The van der Waals surface area contributed by atoms with E-state index in [9.17, 15) is 31.5 Å². The van der Waals surface area contributed by atoms with Gasteiger partial charge >= 0.3 is 12.1 Å². The van der Waals surface area contributed by atoms with Gasteiger partial charge in [-0.3, -0.25) is 9.59 Å². The number of alkyl halides is 5. The summed E-state index contributed by atoms with van der Waals surface area (Å²) in [6.07, 6.45) is -5.75. The first-order valence-corrected chi connectivity index (χ1v) is 4.00. The van der Waals surface area contributed by atoms with E-state index in [0.29, 0.717) is 0 Å². The maximum Gasteiger partial charge on any atom is 0.455 e. The summed E-state index contributed by atoms with van der Waals surface area (Å²) in [5.74, 6) is -8.91. The lowest BCUT2D eigenvalue weighted by atomic mass is 10.1. The van der Waals surface area contributed by atoms with E-state index in [1.807, 2.05) is 0 Å². The number of nitrogens with two attached hydrogens (primary N) is 1. The highest BCUT2D eigenvalue weighted by Gasteiger charge is 2.57. The highest BCUT2D eigenvalue weighted by Crippen LogP contribution is 2.34. The maximum atomic E-state index is 12.3. The van der Waals surface area contributed by atoms with Crippen LogP contribution in [0.15, 0.2) is 0 Å². The number of rotatable bonds is 4. The van der Waals surface area contributed by atoms with E-state index < -0.39 is 36.4 Å². The van der Waals surface area contributed by atoms with Gasteiger partial charge in [0.25, 0.3) is 0 Å². The monoisotopic (exact) mass is 248 g/mol. The summed E-state index contributed by atoms with van der Waals surface area (Å²) in [6, 6.07) is 0. The van der Waals surface area contributed by atoms with Gasteiger partial charge in [-0.25, -0.2) is 0 Å². The zero-order chi connectivity index (χ0) is 13.1. The molecule has 0 saturated heterocycles. The minimum Gasteiger partial charge on any atom is -0.369 e. The molecule has 0 aliphatic rings. The van der Waals surface area contributed by atoms with Gasteiger partial charge in [0.05, 0.1) is 6.54 Å². The summed E-state index contributed by atoms with van der Waals surface area (Å²) in [4.78, 5) is 21.3. The van der Waals surface area contributed by atoms with Gasteiger partial charge in [0, 0.05) is 0 Å². The topological polar surface area (TPSA) is 72.2 Å². The number of nitrogens with one attached hydrogen (secondary N) is 1. The van der Waals surface area contributed by atoms with Crippen molar-refractivity contribution in [3.05, 3.63) is 0 Å². The highest BCUT2D eigenvalue weighted by molar-refractivity contribution is 5.99. The fraction of sp³-hybridized carbons (Fsp3) is 0.714. The van der Waals surface area contributed by atoms with Gasteiger partial charge in [-0.2, -0.15) is 22.0 Å². The SMILES string of the molecule is CC(C(N)=O)C(=O)NCC(F)(F)C(F)(F)F. The summed E-state index contributed by atoms with van der Waals surface area (Å²) in [6.45, 7) is -0.934. The minimum absolute atomic E-state index is 0.989. The standard InChI is InChI=1S/C7H9F5N2O2/c1-3(4(13)15)5(16)14-2-6(8,9)7(10,11)12/h3H,2H2,1H3,(H2,13,15)(H,14,16). The first-order valence-electron chi connectivity index (χ1n) is 4.00. The lowest BCUT2D eigenvalue weighted by Gasteiger charge is -2.20. The number of hydrogen-bond donors (Lipinski definition) is 2. The van der Waals surface area contributed by atoms with Crippen LogP contribution in [0.1, 0.15) is 6.92 Å². The first kappa shape index (κ1) is 14.6. The third kappa shape index (κ3) is 3.63. The van der Waals surface area contributed by atoms with Crippen molar-refractivity contribution in [3.8, 4) is 0 Å². The predicted molar refractivity (Wildman–Crippen MR) is 42.4 cm³/mol. The van der Waals surface area contributed by atoms with Crippen molar-refractivity contribution >= 4 is 11.8 Å². The molecular formula is C7H9F5N2O2. The summed E-state index contributed by atoms with van der Waals surface area (Å²) in [5.41, 5.74) is 4.65. The quantitative estimate of drug-likeness (QED) is 0.559. The number of hydrogen-bond acceptors (Lipinski definition) is 2. The molecule has 1 unspecified atom stereocenters. The number of primary amides is 1. The molecule has 3 N–H and O–H groups in total. The third-order valence-electron chi connectivity index (χ3n) is 1.72. The van der Waals surface area contributed by atoms with Gasteiger partial charge in [-0.05, 0) is 6.92 Å². The zero-order valence-electron chi connectivity index (χ0n) is 8.07. The molecule has 0 aromatic heterocycles. The van der Waals surface area contributed by atoms with Crippen molar-refractivity contribution in [2.24, 2.45) is 11.7 Å². The van der Waals surface area contributed by atoms with E-state index in [-0.39, 0.29) is 0 Å². The molecule has 0 aromatic rings. The van der Waals surface area contributed by atoms with Crippen molar-refractivity contribution in [2.75, 3.05) is 6.54 Å². The van der Waals surface area contributed by atoms with Crippen molar-refractivity contribution in [1.29, 1.82) is 0 Å². The Bertz CT molecular complexity index is 289. The fourth-order valence-electron chi connectivity index (χ4n) is 0.581. The van der Waals surface area contributed by atoms with E-state index in [1.165, 1.54) is 5.32 Å². The van der Waals surface area contributed by atoms with Gasteiger partial charge in [0.1, 0.15) is 5.92 Å². The first-order chi connectivity index (χ1) is 6.99. The van der Waals surface area contributed by atoms with Crippen molar-refractivity contribution in [1.82, 2.24) is 5.32 Å². The van der Waals surface area contributed by atoms with E-state index in [1.54, 1.807) is 0 Å². The Morgan fingerprint density at radius 2 is 1.69 bits per heavy atom. The molecule has 0 fully saturated rings. The van der Waals surface area contributed by atoms with Crippen molar-refractivity contribution < 1.29 is 31.5 Å². The number of amides is 2. The van der Waals surface area contributed by atoms with E-state index >= 15 is 0 Å². The average Bonchev–Trinajstić information content (AvgIpc) is 2.11. The fourth-order valence-corrected chi connectivity index (χ4v) is 0.581. The van der Waals surface area contributed by atoms with Crippen LogP contribution in [0.25, 0.3) is 0 Å². The number of halogens is 5. The Morgan fingerprint density at radius 1 is 1.25 bits per heavy atom. The Balaban J connectivity index is 4.37. The molecule has 0 spiro atoms. The van der Waals surface area contributed by atoms with Crippen molar-refractivity contribution in [3.63, 3.8) is 0 Å². The van der Waals surface area contributed by atoms with E-state index in [4.69, 9.17) is 0 Å². The van der Waals surface area contributed by atoms with Crippen LogP contribution in [-0.4, -0.2) is 30.5 Å². The van der Waals surface area contributed by atoms with Crippen LogP contribution >= 0.6 is 0 Å². The summed E-state index contributed by atoms with van der Waals surface area (Å²) < 4.78 is 59.6. The van der Waals surface area contributed by atoms with Crippen molar-refractivity contribution in [2.45, 2.75) is 19.0 Å². The molecule has 9 heteroatoms. The molecular weight excluding hydrogens is 239 g/mol. The number of carbonyl (C=O) groups excluding carboxylic acids is 2. The summed E-state index contributed by atoms with van der Waals surface area (Å²) in [7, 11) is 0. The lowest BCUT2D eigenvalue weighted by Crippen LogP contribution is -2.49. The number of carbonyl (C=O) groups is 2. The third-order valence-corrected chi connectivity index (χ3v) is 1.72. The molecule has 0 bridgehead atoms. The minimum atomic E-state index is -5.75. The molecule has 94 valence electrons. The van der Waals surface area contributed by atoms with Crippen LogP contribution in [0, 0.1) is 5.92 Å². The highest BCUT2D eigenvalue weighted by atomic mass is 19.4. The molecule has 0 saturated carbocycles. The van der Waals surface area contributed by atoms with Crippen LogP contribution in [0.3, 0.4) is 0 Å². The summed E-state index contributed by atoms with van der Waals surface area (Å²) in [5, 5.41) is 1.30. The second-order valence-electron chi connectivity index (χ2n) is 3.04. The molecule has 0 radical (unpaired) electrons. The van der Waals surface area contributed by atoms with Gasteiger partial charge in [-0.1, -0.05) is 0 Å². The maximum absolute atomic E-state index is 12.3. The normalized spacial score (nSPS) is 14.4. The summed E-state index contributed by atoms with van der Waals surface area (Å²) >= 11 is 0. The molecule has 16 heavy (non-hydrogen) atoms. The molecule has 0 rings (SSSR count). The van der Waals surface area contributed by atoms with Gasteiger partial charge in [0.15, 0.2) is 0 Å². The smallest absolute Gasteiger partial charge is 0.369 e. The molecule has 2 amide bonds. The van der Waals surface area contributed by atoms with Crippen LogP contribution in [0.4, 0.5) is 22.0 Å². The Labute approximate surface area is 87.0 Å². The molecule has 0 heterocycles. The van der Waals surface area contributed by atoms with Crippen LogP contribution < -0.4 is 11.1 Å². The largest absolute Gasteiger partial charge is 0.455 e. The Kier molecular flexibility index (Phi) is 4.21. The molecule has 0 aromatic carbocycles. The van der Waals surface area contributed by atoms with Gasteiger partial charge in [-0.15, -0.1) is 0 Å². The molecule has 0 aliphatic carbocycles. The van der Waals surface area contributed by atoms with Crippen LogP contribution in [0.2, 0.25) is 0 Å². The van der Waals surface area contributed by atoms with Crippen LogP contribution in [0.5, 0.6) is 0 Å². The van der Waals surface area contributed by atoms with Gasteiger partial charge < -0.3 is 11.1 Å². The lowest BCUT2D eigenvalue weighted by molar-refractivity contribution is -0.278. The van der Waals surface area contributed by atoms with E-state index in [0.717, 1.165) is 6.92 Å². The second kappa shape index (κ2) is 4.62. The second-order valence-corrected chi connectivity index (χ2v) is 3.04. The molecule has 0 aliphatic heterocycles. The average molecular weight is 248 g/mol. The zero-order valence-corrected chi connectivity index (χ0v) is 8.07. The molecule has 1 atom stereocenters.